The molecule has 0 spiro atoms. The molecule has 0 unspecified atom stereocenters. The number of halogens is 3. The number of benzene rings is 1. The van der Waals surface area contributed by atoms with E-state index in [1.165, 1.54) is 28.9 Å². The van der Waals surface area contributed by atoms with Gasteiger partial charge in [-0.3, -0.25) is 9.48 Å². The van der Waals surface area contributed by atoms with E-state index < -0.39 is 21.9 Å². The third-order valence-electron chi connectivity index (χ3n) is 4.96. The number of nitrogens with two attached hydrogens (primary N) is 1. The maximum Gasteiger partial charge on any atom is 0.275 e. The molecule has 1 aliphatic carbocycles. The first kappa shape index (κ1) is 21.7. The summed E-state index contributed by atoms with van der Waals surface area (Å²) in [6, 6.07) is 5.50. The van der Waals surface area contributed by atoms with Crippen LogP contribution in [0, 0.1) is 12.8 Å². The van der Waals surface area contributed by atoms with Crippen molar-refractivity contribution >= 4 is 33.2 Å². The second-order valence-corrected chi connectivity index (χ2v) is 9.20. The first-order valence-corrected chi connectivity index (χ1v) is 10.9. The minimum Gasteiger partial charge on any atom is -0.321 e. The van der Waals surface area contributed by atoms with Gasteiger partial charge in [0, 0.05) is 25.1 Å². The molecule has 0 radical (unpaired) electrons. The smallest absolute Gasteiger partial charge is 0.275 e. The van der Waals surface area contributed by atoms with Crippen molar-refractivity contribution in [2.75, 3.05) is 5.32 Å². The lowest BCUT2D eigenvalue weighted by atomic mass is 9.87. The Kier molecular flexibility index (Phi) is 5.98. The number of amides is 1. The summed E-state index contributed by atoms with van der Waals surface area (Å²) < 4.78 is 51.2. The van der Waals surface area contributed by atoms with E-state index in [0.717, 1.165) is 0 Å². The third-order valence-corrected chi connectivity index (χ3v) is 6.32. The number of hydrogen-bond acceptors (Lipinski definition) is 4. The average Bonchev–Trinajstić information content (AvgIpc) is 2.90. The van der Waals surface area contributed by atoms with E-state index in [0.29, 0.717) is 25.1 Å². The Hall–Kier alpha value is -2.04. The SMILES string of the molecule is Cc1nn(CC2CCC(F)(F)CC2)c(C(=O)Nc2cccc(S(N)(=O)=O)c2)c1Cl. The number of nitrogens with zero attached hydrogens (tertiary/aromatic N) is 2. The van der Waals surface area contributed by atoms with Crippen molar-refractivity contribution in [3.63, 3.8) is 0 Å². The molecule has 2 aromatic rings. The number of carbonyl (C=O) groups excluding carboxylic acids is 1. The molecule has 0 aliphatic heterocycles. The summed E-state index contributed by atoms with van der Waals surface area (Å²) >= 11 is 6.26. The van der Waals surface area contributed by atoms with Crippen LogP contribution in [0.4, 0.5) is 14.5 Å². The molecular formula is C18H21ClF2N4O3S. The third kappa shape index (κ3) is 5.12. The van der Waals surface area contributed by atoms with Crippen LogP contribution in [0.5, 0.6) is 0 Å². The first-order valence-electron chi connectivity index (χ1n) is 9.01. The molecule has 3 rings (SSSR count). The monoisotopic (exact) mass is 446 g/mol. The molecule has 3 N–H and O–H groups in total. The summed E-state index contributed by atoms with van der Waals surface area (Å²) in [6.07, 6.45) is 0.295. The molecule has 29 heavy (non-hydrogen) atoms. The Morgan fingerprint density at radius 1 is 1.38 bits per heavy atom. The topological polar surface area (TPSA) is 107 Å². The van der Waals surface area contributed by atoms with Crippen LogP contribution >= 0.6 is 11.6 Å². The van der Waals surface area contributed by atoms with Gasteiger partial charge in [0.25, 0.3) is 5.91 Å². The van der Waals surface area contributed by atoms with E-state index in [2.05, 4.69) is 10.4 Å². The Morgan fingerprint density at radius 3 is 2.66 bits per heavy atom. The molecular weight excluding hydrogens is 426 g/mol. The molecule has 1 heterocycles. The van der Waals surface area contributed by atoms with Gasteiger partial charge >= 0.3 is 0 Å². The fraction of sp³-hybridized carbons (Fsp3) is 0.444. The number of alkyl halides is 2. The fourth-order valence-corrected chi connectivity index (χ4v) is 4.16. The lowest BCUT2D eigenvalue weighted by Crippen LogP contribution is -2.28. The number of aryl methyl sites for hydroxylation is 1. The van der Waals surface area contributed by atoms with E-state index in [1.54, 1.807) is 6.92 Å². The Morgan fingerprint density at radius 2 is 2.03 bits per heavy atom. The van der Waals surface area contributed by atoms with Crippen LogP contribution < -0.4 is 10.5 Å². The van der Waals surface area contributed by atoms with Gasteiger partial charge in [-0.25, -0.2) is 22.3 Å². The van der Waals surface area contributed by atoms with Crippen LogP contribution in [0.2, 0.25) is 5.02 Å². The fourth-order valence-electron chi connectivity index (χ4n) is 3.38. The molecule has 1 fully saturated rings. The van der Waals surface area contributed by atoms with Crippen LogP contribution in [-0.2, 0) is 16.6 Å². The minimum atomic E-state index is -3.92. The second kappa shape index (κ2) is 8.00. The standard InChI is InChI=1S/C18H21ClF2N4O3S/c1-11-15(19)16(25(24-11)10-12-5-7-18(20,21)8-6-12)17(26)23-13-3-2-4-14(9-13)29(22,27)28/h2-4,9,12H,5-8,10H2,1H3,(H,23,26)(H2,22,27,28). The molecule has 1 saturated carbocycles. The molecule has 158 valence electrons. The summed E-state index contributed by atoms with van der Waals surface area (Å²) in [4.78, 5) is 12.7. The summed E-state index contributed by atoms with van der Waals surface area (Å²) in [5, 5.41) is 12.1. The van der Waals surface area contributed by atoms with Gasteiger partial charge in [0.05, 0.1) is 15.6 Å². The highest BCUT2D eigenvalue weighted by molar-refractivity contribution is 7.89. The van der Waals surface area contributed by atoms with E-state index in [-0.39, 0.29) is 40.1 Å². The molecule has 0 saturated heterocycles. The predicted molar refractivity (Wildman–Crippen MR) is 105 cm³/mol. The number of aromatic nitrogens is 2. The zero-order chi connectivity index (χ0) is 21.4. The maximum atomic E-state index is 13.4. The van der Waals surface area contributed by atoms with Crippen LogP contribution in [0.25, 0.3) is 0 Å². The molecule has 1 aromatic carbocycles. The summed E-state index contributed by atoms with van der Waals surface area (Å²) in [6.45, 7) is 1.94. The van der Waals surface area contributed by atoms with Crippen molar-refractivity contribution in [3.05, 3.63) is 40.7 Å². The summed E-state index contributed by atoms with van der Waals surface area (Å²) in [5.41, 5.74) is 0.763. The highest BCUT2D eigenvalue weighted by atomic mass is 35.5. The maximum absolute atomic E-state index is 13.4. The molecule has 0 atom stereocenters. The highest BCUT2D eigenvalue weighted by Crippen LogP contribution is 2.37. The van der Waals surface area contributed by atoms with Crippen molar-refractivity contribution in [1.82, 2.24) is 9.78 Å². The van der Waals surface area contributed by atoms with Crippen LogP contribution in [0.15, 0.2) is 29.2 Å². The molecule has 1 amide bonds. The van der Waals surface area contributed by atoms with Crippen molar-refractivity contribution in [2.24, 2.45) is 11.1 Å². The zero-order valence-electron chi connectivity index (χ0n) is 15.7. The normalized spacial score (nSPS) is 17.3. The van der Waals surface area contributed by atoms with Crippen LogP contribution in [0.1, 0.15) is 41.9 Å². The van der Waals surface area contributed by atoms with Gasteiger partial charge in [-0.2, -0.15) is 5.10 Å². The second-order valence-electron chi connectivity index (χ2n) is 7.26. The van der Waals surface area contributed by atoms with Crippen molar-refractivity contribution in [1.29, 1.82) is 0 Å². The van der Waals surface area contributed by atoms with Crippen molar-refractivity contribution < 1.29 is 22.0 Å². The van der Waals surface area contributed by atoms with Gasteiger partial charge in [0.1, 0.15) is 5.69 Å². The lowest BCUT2D eigenvalue weighted by molar-refractivity contribution is -0.0477. The average molecular weight is 447 g/mol. The number of primary sulfonamides is 1. The molecule has 7 nitrogen and oxygen atoms in total. The lowest BCUT2D eigenvalue weighted by Gasteiger charge is -2.28. The van der Waals surface area contributed by atoms with Crippen LogP contribution in [-0.4, -0.2) is 30.0 Å². The van der Waals surface area contributed by atoms with E-state index >= 15 is 0 Å². The number of rotatable bonds is 5. The highest BCUT2D eigenvalue weighted by Gasteiger charge is 2.35. The zero-order valence-corrected chi connectivity index (χ0v) is 17.2. The van der Waals surface area contributed by atoms with Gasteiger partial charge in [0.15, 0.2) is 0 Å². The van der Waals surface area contributed by atoms with Crippen LogP contribution in [0.3, 0.4) is 0 Å². The van der Waals surface area contributed by atoms with E-state index in [4.69, 9.17) is 16.7 Å². The Bertz CT molecular complexity index is 1030. The first-order chi connectivity index (χ1) is 13.5. The number of carbonyl (C=O) groups is 1. The number of sulfonamides is 1. The van der Waals surface area contributed by atoms with Gasteiger partial charge in [-0.1, -0.05) is 17.7 Å². The Balaban J connectivity index is 1.81. The van der Waals surface area contributed by atoms with Gasteiger partial charge in [-0.15, -0.1) is 0 Å². The summed E-state index contributed by atoms with van der Waals surface area (Å²) in [7, 11) is -3.92. The van der Waals surface area contributed by atoms with Crippen molar-refractivity contribution in [3.8, 4) is 0 Å². The number of hydrogen-bond donors (Lipinski definition) is 2. The minimum absolute atomic E-state index is 0.0396. The van der Waals surface area contributed by atoms with E-state index in [9.17, 15) is 22.0 Å². The number of nitrogens with one attached hydrogen (secondary N) is 1. The molecule has 11 heteroatoms. The molecule has 1 aliphatic rings. The molecule has 0 bridgehead atoms. The van der Waals surface area contributed by atoms with Gasteiger partial charge in [0.2, 0.25) is 15.9 Å². The molecule has 1 aromatic heterocycles. The predicted octanol–water partition coefficient (Wildman–Crippen LogP) is 3.57. The van der Waals surface area contributed by atoms with E-state index in [1.807, 2.05) is 0 Å². The Labute approximate surface area is 172 Å². The quantitative estimate of drug-likeness (QED) is 0.731. The summed E-state index contributed by atoms with van der Waals surface area (Å²) in [5.74, 6) is -3.26. The largest absolute Gasteiger partial charge is 0.321 e. The van der Waals surface area contributed by atoms with Crippen molar-refractivity contribution in [2.45, 2.75) is 50.0 Å². The number of anilines is 1. The van der Waals surface area contributed by atoms with Gasteiger partial charge in [-0.05, 0) is 43.9 Å². The van der Waals surface area contributed by atoms with Gasteiger partial charge < -0.3 is 5.32 Å².